The van der Waals surface area contributed by atoms with E-state index in [4.69, 9.17) is 0 Å². The third-order valence-corrected chi connectivity index (χ3v) is 10.2. The first-order valence-electron chi connectivity index (χ1n) is 14.4. The molecule has 6 nitrogen and oxygen atoms in total. The number of nitrogens with zero attached hydrogens (tertiary/aromatic N) is 5. The van der Waals surface area contributed by atoms with Crippen molar-refractivity contribution < 1.29 is 13.9 Å². The predicted molar refractivity (Wildman–Crippen MR) is 176 cm³/mol. The first-order valence-corrected chi connectivity index (χ1v) is 16.5. The number of phenolic OH excluding ortho intramolecular Hbond substituents is 1. The van der Waals surface area contributed by atoms with Crippen molar-refractivity contribution in [3.05, 3.63) is 42.5 Å². The number of anilines is 1. The SMILES string of the molecule is CC[C@]1(C)CCCC(C)C[C@H](N(c2cnc(-c3ccc(-c4cc(SC(S)(S)S)ncc4F)cc3O)nn2)C2CC2)[C@@H]1F. The molecular formula is C30H37F2N5OS4. The van der Waals surface area contributed by atoms with Gasteiger partial charge in [-0.3, -0.25) is 0 Å². The van der Waals surface area contributed by atoms with Gasteiger partial charge in [-0.1, -0.05) is 51.4 Å². The van der Waals surface area contributed by atoms with Crippen LogP contribution in [0.3, 0.4) is 0 Å². The summed E-state index contributed by atoms with van der Waals surface area (Å²) >= 11 is 13.9. The number of alkyl halides is 1. The van der Waals surface area contributed by atoms with E-state index in [0.717, 1.165) is 62.9 Å². The molecule has 0 spiro atoms. The molecule has 0 amide bonds. The molecule has 0 bridgehead atoms. The summed E-state index contributed by atoms with van der Waals surface area (Å²) in [7, 11) is 0. The van der Waals surface area contributed by atoms with Gasteiger partial charge < -0.3 is 10.0 Å². The van der Waals surface area contributed by atoms with Gasteiger partial charge in [-0.15, -0.1) is 48.1 Å². The van der Waals surface area contributed by atoms with Crippen molar-refractivity contribution in [2.75, 3.05) is 4.90 Å². The Labute approximate surface area is 267 Å². The molecule has 12 heteroatoms. The fourth-order valence-corrected chi connectivity index (χ4v) is 7.35. The van der Waals surface area contributed by atoms with Crippen LogP contribution in [0, 0.1) is 17.2 Å². The fraction of sp³-hybridized carbons (Fsp3) is 0.533. The highest BCUT2D eigenvalue weighted by molar-refractivity contribution is 8.36. The Morgan fingerprint density at radius 2 is 1.86 bits per heavy atom. The monoisotopic (exact) mass is 649 g/mol. The summed E-state index contributed by atoms with van der Waals surface area (Å²) < 4.78 is 30.0. The number of thioether (sulfide) groups is 1. The second-order valence-corrected chi connectivity index (χ2v) is 17.1. The van der Waals surface area contributed by atoms with Crippen molar-refractivity contribution >= 4 is 55.5 Å². The smallest absolute Gasteiger partial charge is 0.185 e. The van der Waals surface area contributed by atoms with Crippen molar-refractivity contribution in [3.8, 4) is 28.3 Å². The molecule has 226 valence electrons. The van der Waals surface area contributed by atoms with Gasteiger partial charge in [-0.25, -0.2) is 18.7 Å². The number of hydrogen-bond donors (Lipinski definition) is 4. The number of pyridine rings is 1. The van der Waals surface area contributed by atoms with Gasteiger partial charge in [0.2, 0.25) is 0 Å². The quantitative estimate of drug-likeness (QED) is 0.111. The van der Waals surface area contributed by atoms with E-state index in [1.54, 1.807) is 24.4 Å². The van der Waals surface area contributed by atoms with Crippen LogP contribution >= 0.6 is 49.6 Å². The van der Waals surface area contributed by atoms with E-state index in [0.29, 0.717) is 27.9 Å². The van der Waals surface area contributed by atoms with Crippen LogP contribution in [0.1, 0.15) is 65.7 Å². The summed E-state index contributed by atoms with van der Waals surface area (Å²) in [6.07, 6.45) is 8.34. The second kappa shape index (κ2) is 12.7. The van der Waals surface area contributed by atoms with Crippen molar-refractivity contribution in [2.45, 2.75) is 91.7 Å². The average Bonchev–Trinajstić information content (AvgIpc) is 3.77. The van der Waals surface area contributed by atoms with Crippen LogP contribution in [-0.4, -0.2) is 46.3 Å². The normalized spacial score (nSPS) is 25.1. The molecule has 1 aromatic carbocycles. The third kappa shape index (κ3) is 7.13. The molecule has 2 saturated carbocycles. The van der Waals surface area contributed by atoms with Gasteiger partial charge in [0.1, 0.15) is 17.7 Å². The van der Waals surface area contributed by atoms with Crippen LogP contribution in [0.2, 0.25) is 0 Å². The highest BCUT2D eigenvalue weighted by Gasteiger charge is 2.46. The third-order valence-electron chi connectivity index (χ3n) is 8.63. The Bertz CT molecular complexity index is 1410. The minimum Gasteiger partial charge on any atom is -0.507 e. The Kier molecular flexibility index (Phi) is 9.57. The molecule has 2 aromatic heterocycles. The zero-order valence-electron chi connectivity index (χ0n) is 23.9. The van der Waals surface area contributed by atoms with E-state index < -0.39 is 14.7 Å². The summed E-state index contributed by atoms with van der Waals surface area (Å²) in [4.78, 5) is 10.7. The number of phenols is 1. The van der Waals surface area contributed by atoms with Crippen LogP contribution < -0.4 is 4.90 Å². The maximum absolute atomic E-state index is 16.4. The second-order valence-electron chi connectivity index (χ2n) is 11.9. The molecule has 2 fully saturated rings. The van der Waals surface area contributed by atoms with Crippen LogP contribution in [-0.2, 0) is 0 Å². The lowest BCUT2D eigenvalue weighted by molar-refractivity contribution is 0.0577. The molecule has 5 rings (SSSR count). The fourth-order valence-electron chi connectivity index (χ4n) is 5.95. The Hall–Kier alpha value is -1.76. The number of hydrogen-bond acceptors (Lipinski definition) is 10. The van der Waals surface area contributed by atoms with Gasteiger partial charge in [-0.05, 0) is 61.8 Å². The molecule has 0 aliphatic heterocycles. The first kappa shape index (κ1) is 31.7. The number of halogens is 2. The summed E-state index contributed by atoms with van der Waals surface area (Å²) in [5.41, 5.74) is 0.699. The van der Waals surface area contributed by atoms with Crippen LogP contribution in [0.15, 0.2) is 41.7 Å². The molecule has 2 aliphatic carbocycles. The molecule has 1 unspecified atom stereocenters. The van der Waals surface area contributed by atoms with Crippen LogP contribution in [0.5, 0.6) is 5.75 Å². The largest absolute Gasteiger partial charge is 0.507 e. The van der Waals surface area contributed by atoms with Crippen molar-refractivity contribution in [3.63, 3.8) is 0 Å². The predicted octanol–water partition coefficient (Wildman–Crippen LogP) is 8.24. The van der Waals surface area contributed by atoms with E-state index in [1.165, 1.54) is 6.07 Å². The number of thiol groups is 3. The molecule has 4 atom stereocenters. The maximum atomic E-state index is 16.4. The molecule has 0 radical (unpaired) electrons. The Balaban J connectivity index is 1.41. The maximum Gasteiger partial charge on any atom is 0.185 e. The molecule has 1 N–H and O–H groups in total. The lowest BCUT2D eigenvalue weighted by Crippen LogP contribution is -2.51. The molecular weight excluding hydrogens is 613 g/mol. The van der Waals surface area contributed by atoms with Gasteiger partial charge in [0, 0.05) is 17.0 Å². The van der Waals surface area contributed by atoms with E-state index >= 15 is 4.39 Å². The van der Waals surface area contributed by atoms with Gasteiger partial charge >= 0.3 is 0 Å². The molecule has 42 heavy (non-hydrogen) atoms. The molecule has 0 saturated heterocycles. The Morgan fingerprint density at radius 3 is 2.48 bits per heavy atom. The van der Waals surface area contributed by atoms with Gasteiger partial charge in [0.05, 0.1) is 29.0 Å². The summed E-state index contributed by atoms with van der Waals surface area (Å²) in [5, 5.41) is 20.2. The minimum atomic E-state index is -0.992. The van der Waals surface area contributed by atoms with Crippen molar-refractivity contribution in [1.29, 1.82) is 0 Å². The molecule has 2 heterocycles. The number of aromatic nitrogens is 4. The summed E-state index contributed by atoms with van der Waals surface area (Å²) in [5.74, 6) is 0.563. The lowest BCUT2D eigenvalue weighted by Gasteiger charge is -2.45. The summed E-state index contributed by atoms with van der Waals surface area (Å²) in [6.45, 7) is 6.38. The van der Waals surface area contributed by atoms with Gasteiger partial charge in [-0.2, -0.15) is 0 Å². The van der Waals surface area contributed by atoms with Crippen molar-refractivity contribution in [2.24, 2.45) is 11.3 Å². The average molecular weight is 650 g/mol. The van der Waals surface area contributed by atoms with Crippen LogP contribution in [0.4, 0.5) is 14.6 Å². The topological polar surface area (TPSA) is 75.0 Å². The summed E-state index contributed by atoms with van der Waals surface area (Å²) in [6, 6.07) is 6.27. The first-order chi connectivity index (χ1) is 19.9. The van der Waals surface area contributed by atoms with E-state index in [-0.39, 0.29) is 34.6 Å². The van der Waals surface area contributed by atoms with Crippen molar-refractivity contribution in [1.82, 2.24) is 20.2 Å². The zero-order chi connectivity index (χ0) is 30.2. The number of benzene rings is 1. The van der Waals surface area contributed by atoms with Crippen LogP contribution in [0.25, 0.3) is 22.5 Å². The highest BCUT2D eigenvalue weighted by Crippen LogP contribution is 2.46. The highest BCUT2D eigenvalue weighted by atomic mass is 32.3. The Morgan fingerprint density at radius 1 is 1.10 bits per heavy atom. The minimum absolute atomic E-state index is 0.116. The lowest BCUT2D eigenvalue weighted by atomic mass is 9.71. The molecule has 2 aliphatic rings. The van der Waals surface area contributed by atoms with E-state index in [1.807, 2.05) is 0 Å². The van der Waals surface area contributed by atoms with Gasteiger partial charge in [0.25, 0.3) is 0 Å². The van der Waals surface area contributed by atoms with Gasteiger partial charge in [0.15, 0.2) is 14.4 Å². The number of rotatable bonds is 8. The molecule has 3 aromatic rings. The standard InChI is InChI=1S/C30H37F2N5OS4/c1-4-29(3)11-5-6-17(2)12-23(27(29)32)37(19-8-9-19)25-16-34-28(36-35-25)20-10-7-18(13-24(20)38)21-14-26(33-15-22(21)31)42-30(39,40)41/h7,10,13-17,19,23,27,38-41H,4-6,8-9,11-12H2,1-3H3/t17?,23-,27-,29+/m0/s1. The zero-order valence-corrected chi connectivity index (χ0v) is 27.4. The number of aromatic hydroxyl groups is 1. The van der Waals surface area contributed by atoms with E-state index in [9.17, 15) is 9.50 Å². The van der Waals surface area contributed by atoms with E-state index in [2.05, 4.69) is 83.7 Å².